The van der Waals surface area contributed by atoms with Crippen molar-refractivity contribution in [2.24, 2.45) is 0 Å². The Bertz CT molecular complexity index is 950. The zero-order chi connectivity index (χ0) is 17.9. The fraction of sp³-hybridized carbons (Fsp3) is 0.150. The second-order valence-electron chi connectivity index (χ2n) is 6.05. The molecule has 1 aliphatic rings. The normalized spacial score (nSPS) is 13.2. The van der Waals surface area contributed by atoms with Crippen LogP contribution in [0.2, 0.25) is 0 Å². The van der Waals surface area contributed by atoms with E-state index in [9.17, 15) is 9.59 Å². The van der Waals surface area contributed by atoms with Gasteiger partial charge >= 0.3 is 6.01 Å². The van der Waals surface area contributed by atoms with E-state index in [1.807, 2.05) is 30.3 Å². The van der Waals surface area contributed by atoms with Crippen molar-refractivity contribution >= 4 is 23.5 Å². The van der Waals surface area contributed by atoms with Gasteiger partial charge in [0, 0.05) is 17.8 Å². The molecule has 26 heavy (non-hydrogen) atoms. The highest BCUT2D eigenvalue weighted by atomic mass is 16.4. The largest absolute Gasteiger partial charge is 0.431 e. The van der Waals surface area contributed by atoms with E-state index >= 15 is 0 Å². The van der Waals surface area contributed by atoms with Crippen molar-refractivity contribution in [2.75, 3.05) is 16.8 Å². The van der Waals surface area contributed by atoms with Gasteiger partial charge in [-0.3, -0.25) is 14.9 Å². The summed E-state index contributed by atoms with van der Waals surface area (Å²) in [6.45, 7) is 0.633. The third kappa shape index (κ3) is 3.09. The Kier molecular flexibility index (Phi) is 4.23. The monoisotopic (exact) mass is 347 g/mol. The average molecular weight is 347 g/mol. The molecule has 0 aliphatic carbocycles. The number of aromatic nitrogens is 1. The van der Waals surface area contributed by atoms with Gasteiger partial charge in [-0.05, 0) is 36.6 Å². The van der Waals surface area contributed by atoms with E-state index in [2.05, 4.69) is 10.3 Å². The lowest BCUT2D eigenvalue weighted by atomic mass is 10.0. The maximum atomic E-state index is 12.8. The molecule has 4 rings (SSSR count). The van der Waals surface area contributed by atoms with E-state index in [-0.39, 0.29) is 23.5 Å². The van der Waals surface area contributed by atoms with E-state index in [1.165, 1.54) is 6.26 Å². The van der Waals surface area contributed by atoms with Crippen molar-refractivity contribution in [1.29, 1.82) is 0 Å². The van der Waals surface area contributed by atoms with Crippen molar-refractivity contribution in [3.8, 4) is 0 Å². The highest BCUT2D eigenvalue weighted by Crippen LogP contribution is 2.28. The highest BCUT2D eigenvalue weighted by molar-refractivity contribution is 6.06. The molecule has 0 atom stereocenters. The van der Waals surface area contributed by atoms with E-state index in [0.29, 0.717) is 12.1 Å². The number of para-hydroxylation sites is 1. The second-order valence-corrected chi connectivity index (χ2v) is 6.05. The lowest BCUT2D eigenvalue weighted by molar-refractivity contribution is 0.0978. The fourth-order valence-corrected chi connectivity index (χ4v) is 3.07. The number of anilines is 2. The second kappa shape index (κ2) is 6.84. The number of rotatable bonds is 3. The number of nitrogens with zero attached hydrogens (tertiary/aromatic N) is 2. The predicted molar refractivity (Wildman–Crippen MR) is 97.3 cm³/mol. The van der Waals surface area contributed by atoms with Crippen LogP contribution in [0.4, 0.5) is 11.7 Å². The van der Waals surface area contributed by atoms with Crippen LogP contribution in [0.5, 0.6) is 0 Å². The molecule has 0 saturated carbocycles. The average Bonchev–Trinajstić information content (AvgIpc) is 3.16. The molecular formula is C20H17N3O3. The van der Waals surface area contributed by atoms with Gasteiger partial charge in [-0.1, -0.05) is 36.4 Å². The topological polar surface area (TPSA) is 75.4 Å². The van der Waals surface area contributed by atoms with Gasteiger partial charge in [0.05, 0.1) is 0 Å². The zero-order valence-corrected chi connectivity index (χ0v) is 14.0. The number of hydrogen-bond acceptors (Lipinski definition) is 4. The molecule has 0 unspecified atom stereocenters. The first-order valence-electron chi connectivity index (χ1n) is 8.44. The van der Waals surface area contributed by atoms with Gasteiger partial charge in [0.2, 0.25) is 0 Å². The summed E-state index contributed by atoms with van der Waals surface area (Å²) in [7, 11) is 0. The molecule has 2 aromatic carbocycles. The van der Waals surface area contributed by atoms with Gasteiger partial charge in [0.1, 0.15) is 6.26 Å². The molecule has 6 nitrogen and oxygen atoms in total. The summed E-state index contributed by atoms with van der Waals surface area (Å²) in [6, 6.07) is 16.6. The van der Waals surface area contributed by atoms with Crippen molar-refractivity contribution in [1.82, 2.24) is 4.98 Å². The van der Waals surface area contributed by atoms with Crippen LogP contribution in [0.15, 0.2) is 65.3 Å². The summed E-state index contributed by atoms with van der Waals surface area (Å²) in [4.78, 5) is 30.8. The Morgan fingerprint density at radius 3 is 2.65 bits per heavy atom. The SMILES string of the molecule is O=C(Nc1nc(C(=O)N2CCCc3ccccc32)co1)c1ccccc1. The van der Waals surface area contributed by atoms with E-state index < -0.39 is 0 Å². The molecule has 0 fully saturated rings. The maximum Gasteiger partial charge on any atom is 0.302 e. The highest BCUT2D eigenvalue weighted by Gasteiger charge is 2.25. The fourth-order valence-electron chi connectivity index (χ4n) is 3.07. The Morgan fingerprint density at radius 1 is 1.04 bits per heavy atom. The van der Waals surface area contributed by atoms with Crippen molar-refractivity contribution in [3.63, 3.8) is 0 Å². The molecule has 0 bridgehead atoms. The Labute approximate surface area is 150 Å². The molecule has 1 aliphatic heterocycles. The first-order valence-corrected chi connectivity index (χ1v) is 8.44. The summed E-state index contributed by atoms with van der Waals surface area (Å²) in [6.07, 6.45) is 3.13. The van der Waals surface area contributed by atoms with Crippen LogP contribution >= 0.6 is 0 Å². The van der Waals surface area contributed by atoms with Gasteiger partial charge in [-0.15, -0.1) is 0 Å². The number of nitrogens with one attached hydrogen (secondary N) is 1. The van der Waals surface area contributed by atoms with Crippen LogP contribution in [-0.2, 0) is 6.42 Å². The summed E-state index contributed by atoms with van der Waals surface area (Å²) >= 11 is 0. The van der Waals surface area contributed by atoms with Gasteiger partial charge < -0.3 is 9.32 Å². The minimum absolute atomic E-state index is 0.00694. The van der Waals surface area contributed by atoms with Gasteiger partial charge in [0.25, 0.3) is 11.8 Å². The number of carbonyl (C=O) groups excluding carboxylic acids is 2. The van der Waals surface area contributed by atoms with Crippen molar-refractivity contribution < 1.29 is 14.0 Å². The van der Waals surface area contributed by atoms with Crippen LogP contribution in [-0.4, -0.2) is 23.3 Å². The molecule has 0 saturated heterocycles. The van der Waals surface area contributed by atoms with E-state index in [4.69, 9.17) is 4.42 Å². The van der Waals surface area contributed by atoms with Crippen LogP contribution in [0.25, 0.3) is 0 Å². The van der Waals surface area contributed by atoms with Gasteiger partial charge in [-0.2, -0.15) is 4.98 Å². The first kappa shape index (κ1) is 16.1. The Balaban J connectivity index is 1.52. The Morgan fingerprint density at radius 2 is 1.81 bits per heavy atom. The zero-order valence-electron chi connectivity index (χ0n) is 14.0. The minimum atomic E-state index is -0.338. The van der Waals surface area contributed by atoms with E-state index in [1.54, 1.807) is 29.2 Å². The number of fused-ring (bicyclic) bond motifs is 1. The first-order chi connectivity index (χ1) is 12.7. The number of aryl methyl sites for hydroxylation is 1. The van der Waals surface area contributed by atoms with E-state index in [0.717, 1.165) is 24.1 Å². The van der Waals surface area contributed by atoms with Gasteiger partial charge in [-0.25, -0.2) is 0 Å². The van der Waals surface area contributed by atoms with Crippen molar-refractivity contribution in [2.45, 2.75) is 12.8 Å². The number of carbonyl (C=O) groups is 2. The summed E-state index contributed by atoms with van der Waals surface area (Å²) in [5.74, 6) is -0.573. The number of amides is 2. The smallest absolute Gasteiger partial charge is 0.302 e. The lowest BCUT2D eigenvalue weighted by Crippen LogP contribution is -2.35. The van der Waals surface area contributed by atoms with Crippen LogP contribution in [0, 0.1) is 0 Å². The molecule has 2 amide bonds. The Hall–Kier alpha value is -3.41. The van der Waals surface area contributed by atoms with Crippen LogP contribution < -0.4 is 10.2 Å². The third-order valence-electron chi connectivity index (χ3n) is 4.34. The predicted octanol–water partition coefficient (Wildman–Crippen LogP) is 3.52. The molecule has 6 heteroatoms. The summed E-state index contributed by atoms with van der Waals surface area (Å²) in [5.41, 5.74) is 2.71. The molecule has 1 N–H and O–H groups in total. The van der Waals surface area contributed by atoms with Crippen molar-refractivity contribution in [3.05, 3.63) is 77.7 Å². The standard InChI is InChI=1S/C20H17N3O3/c24-18(15-8-2-1-3-9-15)22-20-21-16(13-26-20)19(25)23-12-6-10-14-7-4-5-11-17(14)23/h1-5,7-9,11,13H,6,10,12H2,(H,21,22,24). The summed E-state index contributed by atoms with van der Waals surface area (Å²) in [5, 5.41) is 2.57. The number of hydrogen-bond donors (Lipinski definition) is 1. The molecule has 1 aromatic heterocycles. The number of oxazole rings is 1. The van der Waals surface area contributed by atoms with Crippen LogP contribution in [0.3, 0.4) is 0 Å². The molecular weight excluding hydrogens is 330 g/mol. The molecule has 0 spiro atoms. The minimum Gasteiger partial charge on any atom is -0.431 e. The molecule has 2 heterocycles. The van der Waals surface area contributed by atoms with Crippen LogP contribution in [0.1, 0.15) is 32.8 Å². The molecule has 3 aromatic rings. The third-order valence-corrected chi connectivity index (χ3v) is 4.34. The molecule has 130 valence electrons. The molecule has 0 radical (unpaired) electrons. The summed E-state index contributed by atoms with van der Waals surface area (Å²) < 4.78 is 5.27. The van der Waals surface area contributed by atoms with Gasteiger partial charge in [0.15, 0.2) is 5.69 Å². The lowest BCUT2D eigenvalue weighted by Gasteiger charge is -2.28. The maximum absolute atomic E-state index is 12.8. The quantitative estimate of drug-likeness (QED) is 0.786. The number of benzene rings is 2.